The molecule has 0 aromatic rings. The Balaban J connectivity index is 0.000000226. The number of methoxy groups -OCH3 is 2. The molecule has 1 fully saturated rings. The van der Waals surface area contributed by atoms with Gasteiger partial charge in [0.2, 0.25) is 0 Å². The van der Waals surface area contributed by atoms with Crippen molar-refractivity contribution < 1.29 is 23.8 Å². The van der Waals surface area contributed by atoms with E-state index in [0.717, 1.165) is 6.08 Å². The topological polar surface area (TPSA) is 65.1 Å². The molecule has 13 heavy (non-hydrogen) atoms. The summed E-state index contributed by atoms with van der Waals surface area (Å²) in [5, 5.41) is 0. The molecule has 0 aromatic heterocycles. The Hall–Kier alpha value is -1.36. The third-order valence-corrected chi connectivity index (χ3v) is 1.17. The summed E-state index contributed by atoms with van der Waals surface area (Å²) in [7, 11) is 2.66. The van der Waals surface area contributed by atoms with Crippen molar-refractivity contribution in [2.24, 2.45) is 0 Å². The number of hydrogen-bond donors (Lipinski definition) is 0. The van der Waals surface area contributed by atoms with Gasteiger partial charge in [0.15, 0.2) is 6.10 Å². The van der Waals surface area contributed by atoms with Gasteiger partial charge in [0.1, 0.15) is 0 Å². The maximum absolute atomic E-state index is 10.2. The molecule has 1 aliphatic rings. The van der Waals surface area contributed by atoms with Crippen LogP contribution in [0, 0.1) is 0 Å². The lowest BCUT2D eigenvalue weighted by atomic mass is 10.5. The van der Waals surface area contributed by atoms with Gasteiger partial charge >= 0.3 is 11.9 Å². The number of rotatable bonds is 2. The molecular weight excluding hydrogens is 176 g/mol. The quantitative estimate of drug-likeness (QED) is 0.344. The Morgan fingerprint density at radius 2 is 2.00 bits per heavy atom. The molecule has 5 nitrogen and oxygen atoms in total. The minimum Gasteiger partial charge on any atom is -0.467 e. The standard InChI is InChI=1S/C4H6O3.C4H6O2/c1-6-4(5)3-2-7-3;1-3-4(5)6-2/h3H,2H2,1H3;3H,1H2,2H3. The molecule has 0 aliphatic carbocycles. The minimum atomic E-state index is -0.394. The van der Waals surface area contributed by atoms with E-state index < -0.39 is 5.97 Å². The molecule has 0 spiro atoms. The summed E-state index contributed by atoms with van der Waals surface area (Å²) in [6, 6.07) is 0. The van der Waals surface area contributed by atoms with Gasteiger partial charge in [-0.3, -0.25) is 0 Å². The summed E-state index contributed by atoms with van der Waals surface area (Å²) in [5.41, 5.74) is 0. The van der Waals surface area contributed by atoms with Crippen LogP contribution in [-0.4, -0.2) is 38.9 Å². The van der Waals surface area contributed by atoms with Gasteiger partial charge in [-0.05, 0) is 0 Å². The molecule has 1 saturated heterocycles. The predicted octanol–water partition coefficient (Wildman–Crippen LogP) is -0.0964. The van der Waals surface area contributed by atoms with E-state index in [0.29, 0.717) is 6.61 Å². The Morgan fingerprint density at radius 3 is 2.08 bits per heavy atom. The Morgan fingerprint density at radius 1 is 1.46 bits per heavy atom. The second kappa shape index (κ2) is 6.19. The predicted molar refractivity (Wildman–Crippen MR) is 44.0 cm³/mol. The van der Waals surface area contributed by atoms with Crippen LogP contribution < -0.4 is 0 Å². The maximum Gasteiger partial charge on any atom is 0.337 e. The van der Waals surface area contributed by atoms with Crippen LogP contribution >= 0.6 is 0 Å². The van der Waals surface area contributed by atoms with Gasteiger partial charge in [-0.2, -0.15) is 0 Å². The number of epoxide rings is 1. The third kappa shape index (κ3) is 5.86. The average Bonchev–Trinajstić information content (AvgIpc) is 2.99. The van der Waals surface area contributed by atoms with Crippen LogP contribution in [-0.2, 0) is 23.8 Å². The first-order valence-electron chi connectivity index (χ1n) is 3.55. The van der Waals surface area contributed by atoms with Gasteiger partial charge < -0.3 is 14.2 Å². The van der Waals surface area contributed by atoms with Crippen LogP contribution in [0.25, 0.3) is 0 Å². The highest BCUT2D eigenvalue weighted by Gasteiger charge is 2.31. The van der Waals surface area contributed by atoms with Crippen LogP contribution in [0.15, 0.2) is 12.7 Å². The molecular formula is C8H12O5. The first-order chi connectivity index (χ1) is 6.15. The molecule has 1 rings (SSSR count). The summed E-state index contributed by atoms with van der Waals surface area (Å²) in [6.07, 6.45) is 0.866. The largest absolute Gasteiger partial charge is 0.467 e. The van der Waals surface area contributed by atoms with Gasteiger partial charge in [0.25, 0.3) is 0 Å². The normalized spacial score (nSPS) is 17.5. The number of carbonyl (C=O) groups excluding carboxylic acids is 2. The molecule has 1 unspecified atom stereocenters. The van der Waals surface area contributed by atoms with E-state index in [1.165, 1.54) is 14.2 Å². The molecule has 1 atom stereocenters. The number of ether oxygens (including phenoxy) is 3. The highest BCUT2D eigenvalue weighted by atomic mass is 16.6. The van der Waals surface area contributed by atoms with E-state index in [1.54, 1.807) is 0 Å². The molecule has 0 amide bonds. The van der Waals surface area contributed by atoms with Crippen molar-refractivity contribution in [1.82, 2.24) is 0 Å². The summed E-state index contributed by atoms with van der Waals surface area (Å²) >= 11 is 0. The molecule has 1 aliphatic heterocycles. The summed E-state index contributed by atoms with van der Waals surface area (Å²) < 4.78 is 13.0. The van der Waals surface area contributed by atoms with E-state index in [9.17, 15) is 9.59 Å². The van der Waals surface area contributed by atoms with Crippen LogP contribution in [0.2, 0.25) is 0 Å². The first kappa shape index (κ1) is 11.6. The Kier molecular flexibility index (Phi) is 5.54. The average molecular weight is 188 g/mol. The summed E-state index contributed by atoms with van der Waals surface area (Å²) in [4.78, 5) is 20.1. The molecule has 0 bridgehead atoms. The number of esters is 2. The lowest BCUT2D eigenvalue weighted by Crippen LogP contribution is -2.07. The zero-order valence-electron chi connectivity index (χ0n) is 7.61. The number of carbonyl (C=O) groups is 2. The van der Waals surface area contributed by atoms with E-state index >= 15 is 0 Å². The molecule has 1 heterocycles. The zero-order chi connectivity index (χ0) is 10.3. The van der Waals surface area contributed by atoms with Crippen LogP contribution in [0.5, 0.6) is 0 Å². The zero-order valence-corrected chi connectivity index (χ0v) is 7.61. The van der Waals surface area contributed by atoms with Crippen molar-refractivity contribution in [2.75, 3.05) is 20.8 Å². The van der Waals surface area contributed by atoms with Crippen molar-refractivity contribution >= 4 is 11.9 Å². The Labute approximate surface area is 76.3 Å². The van der Waals surface area contributed by atoms with Crippen molar-refractivity contribution in [3.8, 4) is 0 Å². The number of hydrogen-bond acceptors (Lipinski definition) is 5. The van der Waals surface area contributed by atoms with Gasteiger partial charge in [0.05, 0.1) is 20.8 Å². The monoisotopic (exact) mass is 188 g/mol. The fourth-order valence-corrected chi connectivity index (χ4v) is 0.399. The third-order valence-electron chi connectivity index (χ3n) is 1.17. The minimum absolute atomic E-state index is 0.245. The highest BCUT2D eigenvalue weighted by molar-refractivity contribution is 5.80. The Bertz CT molecular complexity index is 195. The summed E-state index contributed by atoms with van der Waals surface area (Å²) in [6.45, 7) is 3.69. The maximum atomic E-state index is 10.2. The molecule has 0 radical (unpaired) electrons. The van der Waals surface area contributed by atoms with Crippen LogP contribution in [0.4, 0.5) is 0 Å². The second-order valence-corrected chi connectivity index (χ2v) is 2.07. The smallest absolute Gasteiger partial charge is 0.337 e. The van der Waals surface area contributed by atoms with Gasteiger partial charge in [0, 0.05) is 6.08 Å². The first-order valence-corrected chi connectivity index (χ1v) is 3.55. The molecule has 5 heteroatoms. The van der Waals surface area contributed by atoms with E-state index in [4.69, 9.17) is 0 Å². The van der Waals surface area contributed by atoms with Crippen molar-refractivity contribution in [1.29, 1.82) is 0 Å². The molecule has 74 valence electrons. The lowest BCUT2D eigenvalue weighted by Gasteiger charge is -1.87. The fraction of sp³-hybridized carbons (Fsp3) is 0.500. The second-order valence-electron chi connectivity index (χ2n) is 2.07. The van der Waals surface area contributed by atoms with E-state index in [-0.39, 0.29) is 12.1 Å². The van der Waals surface area contributed by atoms with E-state index in [2.05, 4.69) is 20.8 Å². The van der Waals surface area contributed by atoms with Crippen LogP contribution in [0.3, 0.4) is 0 Å². The van der Waals surface area contributed by atoms with Gasteiger partial charge in [-0.25, -0.2) is 9.59 Å². The molecule has 0 aromatic carbocycles. The van der Waals surface area contributed by atoms with E-state index in [1.807, 2.05) is 0 Å². The van der Waals surface area contributed by atoms with Gasteiger partial charge in [-0.15, -0.1) is 0 Å². The van der Waals surface area contributed by atoms with Gasteiger partial charge in [-0.1, -0.05) is 6.58 Å². The summed E-state index contributed by atoms with van der Waals surface area (Å²) in [5.74, 6) is -0.657. The SMILES string of the molecule is C=CC(=O)OC.COC(=O)C1CO1. The molecule has 0 N–H and O–H groups in total. The lowest BCUT2D eigenvalue weighted by molar-refractivity contribution is -0.142. The van der Waals surface area contributed by atoms with Crippen molar-refractivity contribution in [3.63, 3.8) is 0 Å². The van der Waals surface area contributed by atoms with Crippen LogP contribution in [0.1, 0.15) is 0 Å². The van der Waals surface area contributed by atoms with Crippen molar-refractivity contribution in [3.05, 3.63) is 12.7 Å². The fourth-order valence-electron chi connectivity index (χ4n) is 0.399. The van der Waals surface area contributed by atoms with Crippen molar-refractivity contribution in [2.45, 2.75) is 6.10 Å². The molecule has 0 saturated carbocycles. The highest BCUT2D eigenvalue weighted by Crippen LogP contribution is 2.08.